The Bertz CT molecular complexity index is 528. The van der Waals surface area contributed by atoms with Gasteiger partial charge in [-0.2, -0.15) is 0 Å². The lowest BCUT2D eigenvalue weighted by Gasteiger charge is -2.02. The van der Waals surface area contributed by atoms with Crippen LogP contribution in [0.1, 0.15) is 23.0 Å². The van der Waals surface area contributed by atoms with E-state index in [9.17, 15) is 4.79 Å². The molecule has 0 aliphatic heterocycles. The molecule has 0 aliphatic carbocycles. The van der Waals surface area contributed by atoms with Crippen LogP contribution in [0, 0.1) is 12.8 Å². The van der Waals surface area contributed by atoms with E-state index in [0.717, 1.165) is 16.5 Å². The Balaban J connectivity index is 2.43. The largest absolute Gasteiger partial charge is 0.453 e. The molecule has 1 aromatic carbocycles. The first-order chi connectivity index (χ1) is 7.61. The second kappa shape index (κ2) is 4.10. The molecule has 16 heavy (non-hydrogen) atoms. The number of Topliss-reactive ketones (excluding diaryl/α,β-unsaturated/α-hetero) is 1. The van der Waals surface area contributed by atoms with E-state index in [1.54, 1.807) is 13.0 Å². The molecule has 3 nitrogen and oxygen atoms in total. The van der Waals surface area contributed by atoms with Gasteiger partial charge in [-0.15, -0.1) is 0 Å². The van der Waals surface area contributed by atoms with E-state index in [-0.39, 0.29) is 11.7 Å². The SMILES string of the molecule is Cc1ccc2oc(C(=O)C(C)CN)cc2c1. The van der Waals surface area contributed by atoms with Gasteiger partial charge in [-0.25, -0.2) is 0 Å². The summed E-state index contributed by atoms with van der Waals surface area (Å²) < 4.78 is 5.50. The Hall–Kier alpha value is -1.61. The lowest BCUT2D eigenvalue weighted by Crippen LogP contribution is -2.20. The molecular weight excluding hydrogens is 202 g/mol. The van der Waals surface area contributed by atoms with Gasteiger partial charge in [0.25, 0.3) is 0 Å². The molecule has 2 N–H and O–H groups in total. The van der Waals surface area contributed by atoms with E-state index < -0.39 is 0 Å². The molecule has 0 radical (unpaired) electrons. The average molecular weight is 217 g/mol. The standard InChI is InChI=1S/C13H15NO2/c1-8-3-4-11-10(5-8)6-12(16-11)13(15)9(2)7-14/h3-6,9H,7,14H2,1-2H3. The topological polar surface area (TPSA) is 56.2 Å². The number of hydrogen-bond donors (Lipinski definition) is 1. The monoisotopic (exact) mass is 217 g/mol. The van der Waals surface area contributed by atoms with Crippen molar-refractivity contribution >= 4 is 16.8 Å². The van der Waals surface area contributed by atoms with Gasteiger partial charge in [0.1, 0.15) is 5.58 Å². The van der Waals surface area contributed by atoms with Crippen LogP contribution < -0.4 is 5.73 Å². The number of nitrogens with two attached hydrogens (primary N) is 1. The molecule has 2 rings (SSSR count). The first-order valence-electron chi connectivity index (χ1n) is 5.36. The summed E-state index contributed by atoms with van der Waals surface area (Å²) in [7, 11) is 0. The summed E-state index contributed by atoms with van der Waals surface area (Å²) in [4.78, 5) is 11.9. The molecule has 1 aromatic heterocycles. The first-order valence-corrected chi connectivity index (χ1v) is 5.36. The van der Waals surface area contributed by atoms with Crippen LogP contribution in [0.4, 0.5) is 0 Å². The van der Waals surface area contributed by atoms with Gasteiger partial charge in [0.2, 0.25) is 5.78 Å². The number of furan rings is 1. The lowest BCUT2D eigenvalue weighted by molar-refractivity contribution is 0.0908. The number of fused-ring (bicyclic) bond motifs is 1. The summed E-state index contributed by atoms with van der Waals surface area (Å²) in [6.07, 6.45) is 0. The Labute approximate surface area is 94.2 Å². The summed E-state index contributed by atoms with van der Waals surface area (Å²) in [5.74, 6) is 0.177. The van der Waals surface area contributed by atoms with Gasteiger partial charge in [0.15, 0.2) is 5.76 Å². The zero-order valence-electron chi connectivity index (χ0n) is 9.49. The Morgan fingerprint density at radius 1 is 1.44 bits per heavy atom. The highest BCUT2D eigenvalue weighted by atomic mass is 16.3. The third-order valence-corrected chi connectivity index (χ3v) is 2.72. The van der Waals surface area contributed by atoms with Gasteiger partial charge < -0.3 is 10.2 Å². The fourth-order valence-corrected chi connectivity index (χ4v) is 1.63. The van der Waals surface area contributed by atoms with E-state index in [1.807, 2.05) is 25.1 Å². The highest BCUT2D eigenvalue weighted by Crippen LogP contribution is 2.22. The average Bonchev–Trinajstić information content (AvgIpc) is 2.69. The van der Waals surface area contributed by atoms with Gasteiger partial charge in [-0.1, -0.05) is 18.6 Å². The molecule has 0 saturated heterocycles. The number of ketones is 1. The second-order valence-electron chi connectivity index (χ2n) is 4.15. The Morgan fingerprint density at radius 2 is 2.19 bits per heavy atom. The van der Waals surface area contributed by atoms with Crippen LogP contribution >= 0.6 is 0 Å². The van der Waals surface area contributed by atoms with E-state index in [0.29, 0.717) is 12.3 Å². The predicted molar refractivity (Wildman–Crippen MR) is 63.5 cm³/mol. The molecular formula is C13H15NO2. The van der Waals surface area contributed by atoms with Crippen molar-refractivity contribution in [3.05, 3.63) is 35.6 Å². The molecule has 0 fully saturated rings. The smallest absolute Gasteiger partial charge is 0.202 e. The molecule has 1 heterocycles. The second-order valence-corrected chi connectivity index (χ2v) is 4.15. The quantitative estimate of drug-likeness (QED) is 0.804. The summed E-state index contributed by atoms with van der Waals surface area (Å²) >= 11 is 0. The van der Waals surface area contributed by atoms with E-state index in [2.05, 4.69) is 0 Å². The fourth-order valence-electron chi connectivity index (χ4n) is 1.63. The third kappa shape index (κ3) is 1.86. The molecule has 0 spiro atoms. The van der Waals surface area contributed by atoms with Crippen molar-refractivity contribution in [2.24, 2.45) is 11.7 Å². The molecule has 0 bridgehead atoms. The number of carbonyl (C=O) groups is 1. The van der Waals surface area contributed by atoms with E-state index >= 15 is 0 Å². The highest BCUT2D eigenvalue weighted by Gasteiger charge is 2.17. The van der Waals surface area contributed by atoms with Gasteiger partial charge in [0, 0.05) is 17.8 Å². The van der Waals surface area contributed by atoms with Crippen molar-refractivity contribution < 1.29 is 9.21 Å². The van der Waals surface area contributed by atoms with Crippen LogP contribution in [0.2, 0.25) is 0 Å². The maximum Gasteiger partial charge on any atom is 0.202 e. The predicted octanol–water partition coefficient (Wildman–Crippen LogP) is 2.52. The zero-order chi connectivity index (χ0) is 11.7. The van der Waals surface area contributed by atoms with Gasteiger partial charge in [0.05, 0.1) is 0 Å². The van der Waals surface area contributed by atoms with E-state index in [4.69, 9.17) is 10.2 Å². The van der Waals surface area contributed by atoms with Gasteiger partial charge >= 0.3 is 0 Å². The number of rotatable bonds is 3. The zero-order valence-corrected chi connectivity index (χ0v) is 9.49. The fraction of sp³-hybridized carbons (Fsp3) is 0.308. The summed E-state index contributed by atoms with van der Waals surface area (Å²) in [6.45, 7) is 4.16. The summed E-state index contributed by atoms with van der Waals surface area (Å²) in [5.41, 5.74) is 7.37. The van der Waals surface area contributed by atoms with Crippen LogP contribution in [0.15, 0.2) is 28.7 Å². The van der Waals surface area contributed by atoms with Crippen LogP contribution in [0.3, 0.4) is 0 Å². The van der Waals surface area contributed by atoms with Crippen LogP contribution in [-0.2, 0) is 0 Å². The number of benzene rings is 1. The maximum absolute atomic E-state index is 11.9. The van der Waals surface area contributed by atoms with Gasteiger partial charge in [-0.3, -0.25) is 4.79 Å². The van der Waals surface area contributed by atoms with Crippen molar-refractivity contribution in [3.63, 3.8) is 0 Å². The molecule has 0 aliphatic rings. The Morgan fingerprint density at radius 3 is 2.88 bits per heavy atom. The number of carbonyl (C=O) groups excluding carboxylic acids is 1. The lowest BCUT2D eigenvalue weighted by atomic mass is 10.0. The molecule has 0 amide bonds. The normalized spacial score (nSPS) is 12.9. The number of hydrogen-bond acceptors (Lipinski definition) is 3. The van der Waals surface area contributed by atoms with Crippen molar-refractivity contribution in [1.29, 1.82) is 0 Å². The summed E-state index contributed by atoms with van der Waals surface area (Å²) in [6, 6.07) is 7.64. The molecule has 1 atom stereocenters. The molecule has 2 aromatic rings. The van der Waals surface area contributed by atoms with Crippen molar-refractivity contribution in [3.8, 4) is 0 Å². The van der Waals surface area contributed by atoms with Crippen molar-refractivity contribution in [1.82, 2.24) is 0 Å². The minimum atomic E-state index is -0.193. The van der Waals surface area contributed by atoms with E-state index in [1.165, 1.54) is 0 Å². The summed E-state index contributed by atoms with van der Waals surface area (Å²) in [5, 5.41) is 0.965. The van der Waals surface area contributed by atoms with Gasteiger partial charge in [-0.05, 0) is 25.1 Å². The molecule has 1 unspecified atom stereocenters. The number of aryl methyl sites for hydroxylation is 1. The molecule has 84 valence electrons. The van der Waals surface area contributed by atoms with Crippen LogP contribution in [-0.4, -0.2) is 12.3 Å². The maximum atomic E-state index is 11.9. The Kier molecular flexibility index (Phi) is 2.79. The van der Waals surface area contributed by atoms with Crippen LogP contribution in [0.25, 0.3) is 11.0 Å². The van der Waals surface area contributed by atoms with Crippen molar-refractivity contribution in [2.45, 2.75) is 13.8 Å². The third-order valence-electron chi connectivity index (χ3n) is 2.72. The molecule has 3 heteroatoms. The first kappa shape index (κ1) is 10.9. The minimum Gasteiger partial charge on any atom is -0.453 e. The highest BCUT2D eigenvalue weighted by molar-refractivity contribution is 5.99. The minimum absolute atomic E-state index is 0.0312. The van der Waals surface area contributed by atoms with Crippen LogP contribution in [0.5, 0.6) is 0 Å². The molecule has 0 saturated carbocycles. The van der Waals surface area contributed by atoms with Crippen molar-refractivity contribution in [2.75, 3.05) is 6.54 Å².